The number of benzene rings is 2. The van der Waals surface area contributed by atoms with E-state index in [1.807, 2.05) is 25.1 Å². The zero-order chi connectivity index (χ0) is 22.9. The predicted octanol–water partition coefficient (Wildman–Crippen LogP) is 4.62. The van der Waals surface area contributed by atoms with Crippen molar-refractivity contribution in [1.82, 2.24) is 10.1 Å². The summed E-state index contributed by atoms with van der Waals surface area (Å²) in [6.07, 6.45) is 0. The second kappa shape index (κ2) is 8.64. The summed E-state index contributed by atoms with van der Waals surface area (Å²) in [6, 6.07) is 14.1. The van der Waals surface area contributed by atoms with E-state index in [2.05, 4.69) is 10.1 Å². The maximum Gasteiger partial charge on any atom is 0.269 e. The number of para-hydroxylation sites is 1. The van der Waals surface area contributed by atoms with E-state index in [1.165, 1.54) is 43.0 Å². The van der Waals surface area contributed by atoms with Crippen molar-refractivity contribution in [2.75, 3.05) is 25.6 Å². The van der Waals surface area contributed by atoms with E-state index in [0.717, 1.165) is 5.56 Å². The van der Waals surface area contributed by atoms with Gasteiger partial charge in [-0.05, 0) is 48.2 Å². The van der Waals surface area contributed by atoms with Gasteiger partial charge in [0.15, 0.2) is 11.5 Å². The number of thiophene rings is 1. The quantitative estimate of drug-likeness (QED) is 0.388. The maximum absolute atomic E-state index is 13.4. The van der Waals surface area contributed by atoms with E-state index in [0.29, 0.717) is 27.6 Å². The Morgan fingerprint density at radius 3 is 2.56 bits per heavy atom. The minimum absolute atomic E-state index is 0.0966. The van der Waals surface area contributed by atoms with Gasteiger partial charge in [-0.15, -0.1) is 11.3 Å². The third kappa shape index (κ3) is 3.82. The van der Waals surface area contributed by atoms with Crippen LogP contribution in [-0.2, 0) is 10.0 Å². The summed E-state index contributed by atoms with van der Waals surface area (Å²) < 4.78 is 44.2. The van der Waals surface area contributed by atoms with E-state index in [1.54, 1.807) is 29.6 Å². The van der Waals surface area contributed by atoms with Gasteiger partial charge in [0.25, 0.3) is 15.9 Å². The Labute approximate surface area is 190 Å². The number of hydrogen-bond acceptors (Lipinski definition) is 8. The smallest absolute Gasteiger partial charge is 0.269 e. The largest absolute Gasteiger partial charge is 0.493 e. The molecule has 0 saturated heterocycles. The molecule has 0 spiro atoms. The van der Waals surface area contributed by atoms with Crippen LogP contribution in [-0.4, -0.2) is 39.8 Å². The Morgan fingerprint density at radius 1 is 1.06 bits per heavy atom. The Hall–Kier alpha value is -3.37. The monoisotopic (exact) mass is 471 g/mol. The third-order valence-corrected chi connectivity index (χ3v) is 7.76. The normalized spacial score (nSPS) is 11.4. The summed E-state index contributed by atoms with van der Waals surface area (Å²) in [4.78, 5) is 4.90. The maximum atomic E-state index is 13.4. The van der Waals surface area contributed by atoms with Gasteiger partial charge in [-0.2, -0.15) is 4.98 Å². The van der Waals surface area contributed by atoms with Gasteiger partial charge in [-0.25, -0.2) is 8.42 Å². The van der Waals surface area contributed by atoms with Crippen LogP contribution in [0, 0.1) is 6.92 Å². The zero-order valence-corrected chi connectivity index (χ0v) is 19.5. The molecule has 32 heavy (non-hydrogen) atoms. The lowest BCUT2D eigenvalue weighted by Crippen LogP contribution is -2.26. The first-order valence-corrected chi connectivity index (χ1v) is 11.9. The summed E-state index contributed by atoms with van der Waals surface area (Å²) in [5.41, 5.74) is 2.10. The number of aryl methyl sites for hydroxylation is 1. The molecule has 2 heterocycles. The molecule has 0 aliphatic heterocycles. The summed E-state index contributed by atoms with van der Waals surface area (Å²) in [6.45, 7) is 1.91. The Kier molecular flexibility index (Phi) is 5.90. The molecule has 0 fully saturated rings. The van der Waals surface area contributed by atoms with Gasteiger partial charge in [0.2, 0.25) is 5.82 Å². The van der Waals surface area contributed by atoms with E-state index < -0.39 is 10.0 Å². The first-order chi connectivity index (χ1) is 15.4. The van der Waals surface area contributed by atoms with Crippen LogP contribution in [0.5, 0.6) is 11.5 Å². The number of rotatable bonds is 7. The minimum atomic E-state index is -3.85. The van der Waals surface area contributed by atoms with E-state index >= 15 is 0 Å². The van der Waals surface area contributed by atoms with Gasteiger partial charge in [-0.1, -0.05) is 23.4 Å². The van der Waals surface area contributed by atoms with Crippen molar-refractivity contribution in [1.29, 1.82) is 0 Å². The van der Waals surface area contributed by atoms with Crippen molar-refractivity contribution < 1.29 is 22.4 Å². The number of sulfonamides is 1. The number of aromatic nitrogens is 2. The van der Waals surface area contributed by atoms with E-state index in [4.69, 9.17) is 14.0 Å². The van der Waals surface area contributed by atoms with Gasteiger partial charge in [-0.3, -0.25) is 4.31 Å². The van der Waals surface area contributed by atoms with Crippen LogP contribution in [0.2, 0.25) is 0 Å². The van der Waals surface area contributed by atoms with Crippen molar-refractivity contribution >= 4 is 27.0 Å². The Bertz CT molecular complexity index is 1360. The van der Waals surface area contributed by atoms with Crippen LogP contribution in [0.4, 0.5) is 5.69 Å². The van der Waals surface area contributed by atoms with Crippen LogP contribution < -0.4 is 13.8 Å². The molecule has 0 aliphatic rings. The lowest BCUT2D eigenvalue weighted by Gasteiger charge is -2.19. The van der Waals surface area contributed by atoms with Crippen molar-refractivity contribution in [3.63, 3.8) is 0 Å². The van der Waals surface area contributed by atoms with Crippen molar-refractivity contribution in [3.8, 4) is 33.7 Å². The van der Waals surface area contributed by atoms with Gasteiger partial charge in [0, 0.05) is 7.05 Å². The summed E-state index contributed by atoms with van der Waals surface area (Å²) in [5, 5.41) is 5.72. The fourth-order valence-corrected chi connectivity index (χ4v) is 5.76. The number of methoxy groups -OCH3 is 2. The topological polar surface area (TPSA) is 94.8 Å². The second-order valence-electron chi connectivity index (χ2n) is 6.89. The highest BCUT2D eigenvalue weighted by Gasteiger charge is 2.29. The first-order valence-electron chi connectivity index (χ1n) is 9.55. The molecule has 8 nitrogen and oxygen atoms in total. The molecule has 0 bridgehead atoms. The van der Waals surface area contributed by atoms with Gasteiger partial charge in [0.1, 0.15) is 9.77 Å². The highest BCUT2D eigenvalue weighted by atomic mass is 32.2. The summed E-state index contributed by atoms with van der Waals surface area (Å²) >= 11 is 1.21. The van der Waals surface area contributed by atoms with Crippen LogP contribution in [0.15, 0.2) is 63.3 Å². The lowest BCUT2D eigenvalue weighted by molar-refractivity contribution is 0.355. The van der Waals surface area contributed by atoms with Gasteiger partial charge < -0.3 is 14.0 Å². The molecule has 0 amide bonds. The Morgan fingerprint density at radius 2 is 1.84 bits per heavy atom. The van der Waals surface area contributed by atoms with Gasteiger partial charge in [0.05, 0.1) is 25.5 Å². The number of ether oxygens (including phenoxy) is 2. The average molecular weight is 472 g/mol. The number of anilines is 1. The van der Waals surface area contributed by atoms with Crippen molar-refractivity contribution in [3.05, 3.63) is 59.5 Å². The molecule has 10 heteroatoms. The molecule has 166 valence electrons. The molecular weight excluding hydrogens is 450 g/mol. The number of nitrogens with zero attached hydrogens (tertiary/aromatic N) is 3. The van der Waals surface area contributed by atoms with E-state index in [9.17, 15) is 8.42 Å². The molecule has 4 aromatic rings. The van der Waals surface area contributed by atoms with Gasteiger partial charge >= 0.3 is 0 Å². The lowest BCUT2D eigenvalue weighted by atomic mass is 10.1. The fraction of sp³-hybridized carbons (Fsp3) is 0.182. The summed E-state index contributed by atoms with van der Waals surface area (Å²) in [7, 11) is 0.728. The van der Waals surface area contributed by atoms with Crippen molar-refractivity contribution in [2.24, 2.45) is 0 Å². The van der Waals surface area contributed by atoms with E-state index in [-0.39, 0.29) is 16.6 Å². The first kappa shape index (κ1) is 21.8. The highest BCUT2D eigenvalue weighted by Crippen LogP contribution is 2.39. The Balaban J connectivity index is 1.74. The highest BCUT2D eigenvalue weighted by molar-refractivity contribution is 7.93. The number of hydrogen-bond donors (Lipinski definition) is 0. The van der Waals surface area contributed by atoms with Crippen LogP contribution in [0.3, 0.4) is 0 Å². The van der Waals surface area contributed by atoms with Crippen molar-refractivity contribution in [2.45, 2.75) is 11.8 Å². The second-order valence-corrected chi connectivity index (χ2v) is 9.74. The van der Waals surface area contributed by atoms with Crippen LogP contribution in [0.25, 0.3) is 22.2 Å². The molecule has 0 atom stereocenters. The molecule has 0 N–H and O–H groups in total. The molecule has 0 unspecified atom stereocenters. The summed E-state index contributed by atoms with van der Waals surface area (Å²) in [5.74, 6) is 1.35. The predicted molar refractivity (Wildman–Crippen MR) is 123 cm³/mol. The van der Waals surface area contributed by atoms with Crippen LogP contribution >= 0.6 is 11.3 Å². The standard InChI is InChI=1S/C22H21N3O5S2/c1-14-7-5-8-15(13-14)25(2)32(26,27)18-11-12-31-20(18)22-23-21(24-30-22)16-9-6-10-17(28-3)19(16)29-4/h5-13H,1-4H3. The minimum Gasteiger partial charge on any atom is -0.493 e. The SMILES string of the molecule is COc1cccc(-c2noc(-c3sccc3S(=O)(=O)N(C)c3cccc(C)c3)n2)c1OC. The molecule has 2 aromatic carbocycles. The molecule has 0 radical (unpaired) electrons. The molecule has 0 saturated carbocycles. The van der Waals surface area contributed by atoms with Crippen LogP contribution in [0.1, 0.15) is 5.56 Å². The molecule has 0 aliphatic carbocycles. The molecule has 4 rings (SSSR count). The fourth-order valence-electron chi connectivity index (χ4n) is 3.25. The molecule has 2 aromatic heterocycles. The third-order valence-electron chi connectivity index (χ3n) is 4.90. The molecular formula is C22H21N3O5S2. The zero-order valence-electron chi connectivity index (χ0n) is 17.9. The average Bonchev–Trinajstić information content (AvgIpc) is 3.47.